The van der Waals surface area contributed by atoms with Gasteiger partial charge in [0.05, 0.1) is 7.11 Å². The summed E-state index contributed by atoms with van der Waals surface area (Å²) in [6.45, 7) is 4.22. The molecule has 1 rings (SSSR count). The molecular formula is C10H15NO3. The predicted octanol–water partition coefficient (Wildman–Crippen LogP) is 0.726. The zero-order chi connectivity index (χ0) is 10.6. The maximum Gasteiger partial charge on any atom is 0.332 e. The molecule has 1 amide bonds. The zero-order valence-corrected chi connectivity index (χ0v) is 8.36. The summed E-state index contributed by atoms with van der Waals surface area (Å²) in [6, 6.07) is 0. The first-order valence-electron chi connectivity index (χ1n) is 4.62. The third-order valence-corrected chi connectivity index (χ3v) is 2.71. The van der Waals surface area contributed by atoms with Crippen LogP contribution >= 0.6 is 0 Å². The van der Waals surface area contributed by atoms with E-state index >= 15 is 0 Å². The first-order valence-corrected chi connectivity index (χ1v) is 4.62. The van der Waals surface area contributed by atoms with E-state index in [0.717, 1.165) is 6.42 Å². The second kappa shape index (κ2) is 4.26. The lowest BCUT2D eigenvalue weighted by atomic mass is 9.92. The van der Waals surface area contributed by atoms with Crippen LogP contribution in [0.25, 0.3) is 0 Å². The van der Waals surface area contributed by atoms with Crippen molar-refractivity contribution in [3.63, 3.8) is 0 Å². The number of amides is 1. The number of ether oxygens (including phenoxy) is 1. The number of hydrogen-bond acceptors (Lipinski definition) is 3. The van der Waals surface area contributed by atoms with Gasteiger partial charge in [-0.25, -0.2) is 4.79 Å². The zero-order valence-electron chi connectivity index (χ0n) is 8.36. The number of carbonyl (C=O) groups is 2. The second-order valence-electron chi connectivity index (χ2n) is 3.42. The highest BCUT2D eigenvalue weighted by atomic mass is 16.5. The average molecular weight is 197 g/mol. The molecule has 0 N–H and O–H groups in total. The van der Waals surface area contributed by atoms with E-state index in [-0.39, 0.29) is 5.97 Å². The largest absolute Gasteiger partial charge is 0.467 e. The fourth-order valence-electron chi connectivity index (χ4n) is 2.00. The van der Waals surface area contributed by atoms with Crippen LogP contribution in [-0.4, -0.2) is 36.5 Å². The molecule has 0 saturated carbocycles. The van der Waals surface area contributed by atoms with Crippen molar-refractivity contribution in [2.24, 2.45) is 0 Å². The van der Waals surface area contributed by atoms with Crippen LogP contribution in [0.15, 0.2) is 12.7 Å². The summed E-state index contributed by atoms with van der Waals surface area (Å²) in [4.78, 5) is 23.9. The van der Waals surface area contributed by atoms with E-state index in [2.05, 4.69) is 6.58 Å². The molecule has 0 spiro atoms. The normalized spacial score (nSPS) is 25.9. The molecule has 0 aromatic heterocycles. The minimum atomic E-state index is -0.793. The molecule has 4 nitrogen and oxygen atoms in total. The minimum Gasteiger partial charge on any atom is -0.467 e. The van der Waals surface area contributed by atoms with Crippen LogP contribution in [-0.2, 0) is 14.3 Å². The van der Waals surface area contributed by atoms with E-state index in [1.165, 1.54) is 12.0 Å². The van der Waals surface area contributed by atoms with E-state index in [4.69, 9.17) is 4.74 Å². The van der Waals surface area contributed by atoms with Gasteiger partial charge in [-0.2, -0.15) is 0 Å². The lowest BCUT2D eigenvalue weighted by Crippen LogP contribution is -2.50. The predicted molar refractivity (Wildman–Crippen MR) is 51.6 cm³/mol. The third-order valence-electron chi connectivity index (χ3n) is 2.71. The number of methoxy groups -OCH3 is 1. The summed E-state index contributed by atoms with van der Waals surface area (Å²) in [6.07, 6.45) is 4.32. The summed E-state index contributed by atoms with van der Waals surface area (Å²) in [5, 5.41) is 0. The molecule has 1 aliphatic rings. The standard InChI is InChI=1S/C10H15NO3/c1-3-5-10(9(13)14-2)6-4-7-11(10)8-12/h3,8H,1,4-7H2,2H3/t10-/m0/s1. The van der Waals surface area contributed by atoms with Gasteiger partial charge in [-0.15, -0.1) is 6.58 Å². The van der Waals surface area contributed by atoms with E-state index in [9.17, 15) is 9.59 Å². The first kappa shape index (κ1) is 10.8. The highest BCUT2D eigenvalue weighted by Gasteiger charge is 2.46. The van der Waals surface area contributed by atoms with Gasteiger partial charge in [-0.3, -0.25) is 4.79 Å². The van der Waals surface area contributed by atoms with E-state index in [1.807, 2.05) is 0 Å². The molecule has 0 aromatic rings. The van der Waals surface area contributed by atoms with E-state index < -0.39 is 5.54 Å². The molecule has 4 heteroatoms. The van der Waals surface area contributed by atoms with Crippen LogP contribution in [0.3, 0.4) is 0 Å². The Morgan fingerprint density at radius 2 is 2.43 bits per heavy atom. The number of likely N-dealkylation sites (tertiary alicyclic amines) is 1. The molecule has 1 atom stereocenters. The van der Waals surface area contributed by atoms with Crippen LogP contribution in [0.4, 0.5) is 0 Å². The summed E-state index contributed by atoms with van der Waals surface area (Å²) < 4.78 is 4.73. The van der Waals surface area contributed by atoms with Crippen LogP contribution < -0.4 is 0 Å². The van der Waals surface area contributed by atoms with Crippen molar-refractivity contribution in [2.45, 2.75) is 24.8 Å². The molecule has 1 heterocycles. The lowest BCUT2D eigenvalue weighted by Gasteiger charge is -2.32. The molecule has 0 bridgehead atoms. The molecule has 0 aromatic carbocycles. The Morgan fingerprint density at radius 3 is 2.93 bits per heavy atom. The molecular weight excluding hydrogens is 182 g/mol. The molecule has 0 unspecified atom stereocenters. The van der Waals surface area contributed by atoms with Crippen molar-refractivity contribution in [3.8, 4) is 0 Å². The molecule has 1 fully saturated rings. The summed E-state index contributed by atoms with van der Waals surface area (Å²) in [7, 11) is 1.34. The summed E-state index contributed by atoms with van der Waals surface area (Å²) >= 11 is 0. The Balaban J connectivity index is 2.95. The van der Waals surface area contributed by atoms with Gasteiger partial charge in [0.2, 0.25) is 6.41 Å². The molecule has 0 radical (unpaired) electrons. The van der Waals surface area contributed by atoms with Crippen LogP contribution in [0.5, 0.6) is 0 Å². The average Bonchev–Trinajstić information content (AvgIpc) is 2.61. The Morgan fingerprint density at radius 1 is 1.71 bits per heavy atom. The van der Waals surface area contributed by atoms with Gasteiger partial charge in [-0.05, 0) is 19.3 Å². The number of esters is 1. The number of carbonyl (C=O) groups excluding carboxylic acids is 2. The van der Waals surface area contributed by atoms with Crippen molar-refractivity contribution < 1.29 is 14.3 Å². The molecule has 0 aliphatic carbocycles. The maximum absolute atomic E-state index is 11.6. The first-order chi connectivity index (χ1) is 6.71. The smallest absolute Gasteiger partial charge is 0.332 e. The Hall–Kier alpha value is -1.32. The van der Waals surface area contributed by atoms with Crippen molar-refractivity contribution in [1.29, 1.82) is 0 Å². The quantitative estimate of drug-likeness (QED) is 0.379. The van der Waals surface area contributed by atoms with Crippen LogP contribution in [0.1, 0.15) is 19.3 Å². The van der Waals surface area contributed by atoms with Gasteiger partial charge >= 0.3 is 5.97 Å². The van der Waals surface area contributed by atoms with Gasteiger partial charge in [0, 0.05) is 6.54 Å². The van der Waals surface area contributed by atoms with Crippen molar-refractivity contribution >= 4 is 12.4 Å². The van der Waals surface area contributed by atoms with E-state index in [1.54, 1.807) is 6.08 Å². The number of rotatable bonds is 4. The summed E-state index contributed by atoms with van der Waals surface area (Å²) in [5.74, 6) is -0.345. The Labute approximate surface area is 83.5 Å². The van der Waals surface area contributed by atoms with Crippen LogP contribution in [0, 0.1) is 0 Å². The minimum absolute atomic E-state index is 0.345. The van der Waals surface area contributed by atoms with Crippen molar-refractivity contribution in [3.05, 3.63) is 12.7 Å². The summed E-state index contributed by atoms with van der Waals surface area (Å²) in [5.41, 5.74) is -0.793. The molecule has 1 aliphatic heterocycles. The van der Waals surface area contributed by atoms with Crippen molar-refractivity contribution in [2.75, 3.05) is 13.7 Å². The van der Waals surface area contributed by atoms with Gasteiger partial charge in [0.15, 0.2) is 0 Å². The number of hydrogen-bond donors (Lipinski definition) is 0. The molecule has 78 valence electrons. The monoisotopic (exact) mass is 197 g/mol. The van der Waals surface area contributed by atoms with E-state index in [0.29, 0.717) is 25.8 Å². The van der Waals surface area contributed by atoms with Crippen molar-refractivity contribution in [1.82, 2.24) is 4.90 Å². The third kappa shape index (κ3) is 1.52. The second-order valence-corrected chi connectivity index (χ2v) is 3.42. The van der Waals surface area contributed by atoms with Gasteiger partial charge in [0.25, 0.3) is 0 Å². The highest BCUT2D eigenvalue weighted by molar-refractivity contribution is 5.84. The Bertz CT molecular complexity index is 252. The maximum atomic E-state index is 11.6. The SMILES string of the molecule is C=CC[C@@]1(C(=O)OC)CCCN1C=O. The Kier molecular flexibility index (Phi) is 3.28. The van der Waals surface area contributed by atoms with Gasteiger partial charge in [0.1, 0.15) is 5.54 Å². The van der Waals surface area contributed by atoms with Gasteiger partial charge < -0.3 is 9.64 Å². The number of nitrogens with zero attached hydrogens (tertiary/aromatic N) is 1. The lowest BCUT2D eigenvalue weighted by molar-refractivity contribution is -0.155. The molecule has 14 heavy (non-hydrogen) atoms. The fourth-order valence-corrected chi connectivity index (χ4v) is 2.00. The topological polar surface area (TPSA) is 46.6 Å². The highest BCUT2D eigenvalue weighted by Crippen LogP contribution is 2.32. The fraction of sp³-hybridized carbons (Fsp3) is 0.600. The van der Waals surface area contributed by atoms with Crippen LogP contribution in [0.2, 0.25) is 0 Å². The molecule has 1 saturated heterocycles. The van der Waals surface area contributed by atoms with Gasteiger partial charge in [-0.1, -0.05) is 6.08 Å².